The second-order valence-corrected chi connectivity index (χ2v) is 3.83. The summed E-state index contributed by atoms with van der Waals surface area (Å²) in [6.07, 6.45) is 7.63. The number of rotatable bonds is 4. The predicted molar refractivity (Wildman–Crippen MR) is 64.2 cm³/mol. The Hall–Kier alpha value is -0.930. The summed E-state index contributed by atoms with van der Waals surface area (Å²) in [5, 5.41) is 0. The third-order valence-corrected chi connectivity index (χ3v) is 3.08. The molecule has 0 amide bonds. The number of ether oxygens (including phenoxy) is 1. The maximum absolute atomic E-state index is 5.90. The van der Waals surface area contributed by atoms with Crippen molar-refractivity contribution in [1.82, 2.24) is 0 Å². The Morgan fingerprint density at radius 3 is 2.67 bits per heavy atom. The van der Waals surface area contributed by atoms with Crippen LogP contribution in [0.1, 0.15) is 12.8 Å². The highest BCUT2D eigenvalue weighted by atomic mass is 16.5. The molecule has 0 radical (unpaired) electrons. The van der Waals surface area contributed by atoms with Crippen molar-refractivity contribution in [2.75, 3.05) is 26.8 Å². The van der Waals surface area contributed by atoms with E-state index in [0.29, 0.717) is 6.54 Å². The molecular formula is C12H20N2O. The smallest absolute Gasteiger partial charge is 0.0475 e. The average Bonchev–Trinajstić information content (AvgIpc) is 2.31. The molecule has 0 spiro atoms. The van der Waals surface area contributed by atoms with Gasteiger partial charge in [-0.25, -0.2) is 0 Å². The molecule has 2 N–H and O–H groups in total. The third kappa shape index (κ3) is 2.76. The zero-order chi connectivity index (χ0) is 11.1. The SMILES string of the molecule is C=C/C(=C\C=NC)C1(CN)CCOCC1. The van der Waals surface area contributed by atoms with Gasteiger partial charge >= 0.3 is 0 Å². The van der Waals surface area contributed by atoms with E-state index >= 15 is 0 Å². The largest absolute Gasteiger partial charge is 0.381 e. The molecule has 84 valence electrons. The molecule has 1 heterocycles. The van der Waals surface area contributed by atoms with Crippen LogP contribution in [-0.4, -0.2) is 33.0 Å². The minimum Gasteiger partial charge on any atom is -0.381 e. The maximum Gasteiger partial charge on any atom is 0.0475 e. The number of hydrogen-bond acceptors (Lipinski definition) is 3. The summed E-state index contributed by atoms with van der Waals surface area (Å²) >= 11 is 0. The maximum atomic E-state index is 5.90. The van der Waals surface area contributed by atoms with Crippen LogP contribution in [0.4, 0.5) is 0 Å². The molecule has 1 rings (SSSR count). The van der Waals surface area contributed by atoms with Crippen LogP contribution >= 0.6 is 0 Å². The summed E-state index contributed by atoms with van der Waals surface area (Å²) < 4.78 is 5.37. The van der Waals surface area contributed by atoms with E-state index in [1.54, 1.807) is 13.3 Å². The van der Waals surface area contributed by atoms with Crippen LogP contribution in [0, 0.1) is 5.41 Å². The standard InChI is InChI=1S/C12H20N2O/c1-3-11(4-7-14-2)12(10-13)5-8-15-9-6-12/h3-4,7H,1,5-6,8-10,13H2,2H3/b11-4+,14-7?. The van der Waals surface area contributed by atoms with Crippen LogP contribution < -0.4 is 5.73 Å². The van der Waals surface area contributed by atoms with Gasteiger partial charge in [-0.2, -0.15) is 0 Å². The molecule has 0 aromatic heterocycles. The molecule has 15 heavy (non-hydrogen) atoms. The van der Waals surface area contributed by atoms with Gasteiger partial charge in [-0.05, 0) is 24.5 Å². The van der Waals surface area contributed by atoms with Crippen molar-refractivity contribution >= 4 is 6.21 Å². The zero-order valence-corrected chi connectivity index (χ0v) is 9.41. The third-order valence-electron chi connectivity index (χ3n) is 3.08. The minimum absolute atomic E-state index is 0.0428. The first-order chi connectivity index (χ1) is 7.29. The van der Waals surface area contributed by atoms with Gasteiger partial charge in [0.25, 0.3) is 0 Å². The van der Waals surface area contributed by atoms with Gasteiger partial charge in [0.1, 0.15) is 0 Å². The number of aliphatic imine (C=N–C) groups is 1. The summed E-state index contributed by atoms with van der Waals surface area (Å²) in [5.41, 5.74) is 7.12. The van der Waals surface area contributed by atoms with Gasteiger partial charge < -0.3 is 10.5 Å². The summed E-state index contributed by atoms with van der Waals surface area (Å²) in [4.78, 5) is 3.96. The number of allylic oxidation sites excluding steroid dienone is 2. The van der Waals surface area contributed by atoms with E-state index in [1.807, 2.05) is 12.2 Å². The van der Waals surface area contributed by atoms with E-state index in [-0.39, 0.29) is 5.41 Å². The molecular weight excluding hydrogens is 188 g/mol. The lowest BCUT2D eigenvalue weighted by Crippen LogP contribution is -2.37. The Bertz CT molecular complexity index is 263. The van der Waals surface area contributed by atoms with Gasteiger partial charge in [0.2, 0.25) is 0 Å². The lowest BCUT2D eigenvalue weighted by atomic mass is 9.73. The molecule has 0 aliphatic carbocycles. The van der Waals surface area contributed by atoms with E-state index in [1.165, 1.54) is 5.57 Å². The highest BCUT2D eigenvalue weighted by molar-refractivity contribution is 5.73. The van der Waals surface area contributed by atoms with Crippen LogP contribution in [0.2, 0.25) is 0 Å². The molecule has 1 saturated heterocycles. The Morgan fingerprint density at radius 1 is 1.53 bits per heavy atom. The van der Waals surface area contributed by atoms with Crippen LogP contribution in [-0.2, 0) is 4.74 Å². The molecule has 1 aliphatic heterocycles. The fourth-order valence-electron chi connectivity index (χ4n) is 1.99. The Balaban J connectivity index is 2.90. The molecule has 0 atom stereocenters. The van der Waals surface area contributed by atoms with Crippen molar-refractivity contribution in [1.29, 1.82) is 0 Å². The van der Waals surface area contributed by atoms with Crippen LogP contribution in [0.3, 0.4) is 0 Å². The molecule has 0 saturated carbocycles. The topological polar surface area (TPSA) is 47.6 Å². The molecule has 0 aromatic rings. The van der Waals surface area contributed by atoms with Gasteiger partial charge in [-0.3, -0.25) is 4.99 Å². The average molecular weight is 208 g/mol. The number of nitrogens with zero attached hydrogens (tertiary/aromatic N) is 1. The van der Waals surface area contributed by atoms with Crippen LogP contribution in [0.15, 0.2) is 29.3 Å². The molecule has 3 nitrogen and oxygen atoms in total. The summed E-state index contributed by atoms with van der Waals surface area (Å²) in [5.74, 6) is 0. The second-order valence-electron chi connectivity index (χ2n) is 3.83. The van der Waals surface area contributed by atoms with Crippen molar-refractivity contribution in [3.8, 4) is 0 Å². The summed E-state index contributed by atoms with van der Waals surface area (Å²) in [6.45, 7) is 6.07. The Labute approximate surface area is 91.7 Å². The molecule has 0 bridgehead atoms. The van der Waals surface area contributed by atoms with E-state index in [4.69, 9.17) is 10.5 Å². The molecule has 1 fully saturated rings. The molecule has 0 aromatic carbocycles. The lowest BCUT2D eigenvalue weighted by molar-refractivity contribution is 0.0374. The first-order valence-corrected chi connectivity index (χ1v) is 5.32. The van der Waals surface area contributed by atoms with Gasteiger partial charge in [-0.15, -0.1) is 0 Å². The minimum atomic E-state index is 0.0428. The highest BCUT2D eigenvalue weighted by Gasteiger charge is 2.33. The summed E-state index contributed by atoms with van der Waals surface area (Å²) in [7, 11) is 1.76. The lowest BCUT2D eigenvalue weighted by Gasteiger charge is -2.37. The van der Waals surface area contributed by atoms with Gasteiger partial charge in [-0.1, -0.05) is 12.7 Å². The Morgan fingerprint density at radius 2 is 2.20 bits per heavy atom. The fourth-order valence-corrected chi connectivity index (χ4v) is 1.99. The highest BCUT2D eigenvalue weighted by Crippen LogP contribution is 2.37. The van der Waals surface area contributed by atoms with Crippen molar-refractivity contribution < 1.29 is 4.74 Å². The predicted octanol–water partition coefficient (Wildman–Crippen LogP) is 1.55. The monoisotopic (exact) mass is 208 g/mol. The van der Waals surface area contributed by atoms with E-state index in [2.05, 4.69) is 11.6 Å². The zero-order valence-electron chi connectivity index (χ0n) is 9.41. The quantitative estimate of drug-likeness (QED) is 0.563. The molecule has 1 aliphatic rings. The van der Waals surface area contributed by atoms with Crippen molar-refractivity contribution in [2.45, 2.75) is 12.8 Å². The first-order valence-electron chi connectivity index (χ1n) is 5.32. The molecule has 0 unspecified atom stereocenters. The van der Waals surface area contributed by atoms with Gasteiger partial charge in [0.15, 0.2) is 0 Å². The fraction of sp³-hybridized carbons (Fsp3) is 0.583. The second kappa shape index (κ2) is 5.83. The van der Waals surface area contributed by atoms with E-state index in [0.717, 1.165) is 26.1 Å². The van der Waals surface area contributed by atoms with Crippen LogP contribution in [0.5, 0.6) is 0 Å². The van der Waals surface area contributed by atoms with Crippen molar-refractivity contribution in [2.24, 2.45) is 16.1 Å². The van der Waals surface area contributed by atoms with Gasteiger partial charge in [0, 0.05) is 38.4 Å². The Kier molecular flexibility index (Phi) is 4.72. The normalized spacial score (nSPS) is 21.9. The van der Waals surface area contributed by atoms with Gasteiger partial charge in [0.05, 0.1) is 0 Å². The number of hydrogen-bond donors (Lipinski definition) is 1. The van der Waals surface area contributed by atoms with E-state index < -0.39 is 0 Å². The summed E-state index contributed by atoms with van der Waals surface area (Å²) in [6, 6.07) is 0. The van der Waals surface area contributed by atoms with Crippen molar-refractivity contribution in [3.05, 3.63) is 24.3 Å². The first kappa shape index (κ1) is 12.1. The molecule has 3 heteroatoms. The van der Waals surface area contributed by atoms with Crippen molar-refractivity contribution in [3.63, 3.8) is 0 Å². The van der Waals surface area contributed by atoms with Crippen LogP contribution in [0.25, 0.3) is 0 Å². The van der Waals surface area contributed by atoms with E-state index in [9.17, 15) is 0 Å². The number of nitrogens with two attached hydrogens (primary N) is 1.